The van der Waals surface area contributed by atoms with Gasteiger partial charge >= 0.3 is 12.1 Å². The number of hydrogen-bond acceptors (Lipinski definition) is 6. The molecule has 0 spiro atoms. The third-order valence-corrected chi connectivity index (χ3v) is 3.28. The lowest BCUT2D eigenvalue weighted by Crippen LogP contribution is -2.48. The number of carbonyl (C=O) groups is 5. The molecule has 1 aromatic rings. The number of alkyl carbamates (subject to hydrolysis) is 1. The maximum Gasteiger partial charge on any atom is 0.408 e. The summed E-state index contributed by atoms with van der Waals surface area (Å²) in [6, 6.07) is 7.69. The van der Waals surface area contributed by atoms with Gasteiger partial charge in [0.1, 0.15) is 25.5 Å². The molecule has 0 fully saturated rings. The molecule has 0 bridgehead atoms. The number of benzene rings is 1. The molecule has 1 rings (SSSR count). The van der Waals surface area contributed by atoms with Gasteiger partial charge in [-0.2, -0.15) is 0 Å². The molecular formula is C17H21N3O7. The maximum absolute atomic E-state index is 12.1. The third kappa shape index (κ3) is 9.58. The molecule has 0 aromatic heterocycles. The molecule has 0 heterocycles. The van der Waals surface area contributed by atoms with Crippen LogP contribution in [0, 0.1) is 0 Å². The number of carboxylic acids is 1. The van der Waals surface area contributed by atoms with E-state index >= 15 is 0 Å². The third-order valence-electron chi connectivity index (χ3n) is 3.28. The molecule has 3 amide bonds. The van der Waals surface area contributed by atoms with Crippen molar-refractivity contribution in [3.63, 3.8) is 0 Å². The topological polar surface area (TPSA) is 151 Å². The Labute approximate surface area is 155 Å². The Bertz CT molecular complexity index is 664. The molecule has 1 aromatic carbocycles. The average molecular weight is 379 g/mol. The van der Waals surface area contributed by atoms with Crippen LogP contribution in [0.2, 0.25) is 0 Å². The van der Waals surface area contributed by atoms with Crippen molar-refractivity contribution in [3.05, 3.63) is 35.9 Å². The van der Waals surface area contributed by atoms with Gasteiger partial charge in [0.05, 0.1) is 6.54 Å². The molecule has 0 aliphatic heterocycles. The Morgan fingerprint density at radius 3 is 2.44 bits per heavy atom. The fourth-order valence-electron chi connectivity index (χ4n) is 1.98. The van der Waals surface area contributed by atoms with Crippen LogP contribution in [0.25, 0.3) is 0 Å². The lowest BCUT2D eigenvalue weighted by atomic mass is 10.1. The lowest BCUT2D eigenvalue weighted by Gasteiger charge is -2.17. The van der Waals surface area contributed by atoms with E-state index in [2.05, 4.69) is 16.0 Å². The molecule has 1 atom stereocenters. The van der Waals surface area contributed by atoms with Gasteiger partial charge in [0.2, 0.25) is 11.8 Å². The zero-order valence-electron chi connectivity index (χ0n) is 14.5. The van der Waals surface area contributed by atoms with E-state index in [0.717, 1.165) is 5.56 Å². The van der Waals surface area contributed by atoms with Crippen LogP contribution in [-0.2, 0) is 30.5 Å². The highest BCUT2D eigenvalue weighted by molar-refractivity contribution is 5.88. The summed E-state index contributed by atoms with van der Waals surface area (Å²) >= 11 is 0. The monoisotopic (exact) mass is 379 g/mol. The second-order valence-corrected chi connectivity index (χ2v) is 5.38. The first kappa shape index (κ1) is 21.6. The van der Waals surface area contributed by atoms with Crippen LogP contribution >= 0.6 is 0 Å². The lowest BCUT2D eigenvalue weighted by molar-refractivity contribution is -0.138. The second kappa shape index (κ2) is 12.0. The first-order valence-electron chi connectivity index (χ1n) is 8.09. The number of rotatable bonds is 11. The Morgan fingerprint density at radius 1 is 1.11 bits per heavy atom. The molecule has 27 heavy (non-hydrogen) atoms. The number of hydrogen-bond donors (Lipinski definition) is 4. The van der Waals surface area contributed by atoms with Gasteiger partial charge in [0, 0.05) is 6.42 Å². The van der Waals surface area contributed by atoms with E-state index in [9.17, 15) is 24.0 Å². The van der Waals surface area contributed by atoms with Crippen molar-refractivity contribution in [2.24, 2.45) is 0 Å². The van der Waals surface area contributed by atoms with Gasteiger partial charge in [-0.15, -0.1) is 0 Å². The molecule has 1 unspecified atom stereocenters. The summed E-state index contributed by atoms with van der Waals surface area (Å²) in [5.41, 5.74) is 0.743. The van der Waals surface area contributed by atoms with Crippen LogP contribution in [0.3, 0.4) is 0 Å². The second-order valence-electron chi connectivity index (χ2n) is 5.38. The number of nitrogens with one attached hydrogen (secondary N) is 3. The average Bonchev–Trinajstić information content (AvgIpc) is 2.66. The summed E-state index contributed by atoms with van der Waals surface area (Å²) < 4.78 is 5.01. The molecule has 146 valence electrons. The number of aliphatic carboxylic acids is 1. The zero-order chi connectivity index (χ0) is 20.1. The first-order chi connectivity index (χ1) is 12.9. The van der Waals surface area contributed by atoms with Gasteiger partial charge in [-0.3, -0.25) is 14.4 Å². The predicted octanol–water partition coefficient (Wildman–Crippen LogP) is -0.422. The van der Waals surface area contributed by atoms with E-state index in [1.807, 2.05) is 6.07 Å². The smallest absolute Gasteiger partial charge is 0.408 e. The number of carboxylic acid groups (broad SMARTS) is 1. The van der Waals surface area contributed by atoms with E-state index in [-0.39, 0.29) is 26.0 Å². The molecule has 0 aliphatic rings. The Morgan fingerprint density at radius 2 is 1.81 bits per heavy atom. The quantitative estimate of drug-likeness (QED) is 0.381. The van der Waals surface area contributed by atoms with Gasteiger partial charge in [0.25, 0.3) is 0 Å². The van der Waals surface area contributed by atoms with E-state index in [1.165, 1.54) is 0 Å². The van der Waals surface area contributed by atoms with Gasteiger partial charge in [-0.05, 0) is 12.0 Å². The van der Waals surface area contributed by atoms with Gasteiger partial charge in [-0.1, -0.05) is 30.3 Å². The number of carbonyl (C=O) groups excluding carboxylic acids is 4. The number of ether oxygens (including phenoxy) is 1. The Hall–Kier alpha value is -3.43. The summed E-state index contributed by atoms with van der Waals surface area (Å²) in [5, 5.41) is 15.4. The molecule has 10 nitrogen and oxygen atoms in total. The van der Waals surface area contributed by atoms with Crippen molar-refractivity contribution in [1.29, 1.82) is 0 Å². The van der Waals surface area contributed by atoms with Gasteiger partial charge in [0.15, 0.2) is 0 Å². The standard InChI is InChI=1S/C17H21N3O7/c21-9-8-18-14(22)7-6-13(16(25)19-10-15(23)24)20-17(26)27-11-12-4-2-1-3-5-12/h1-5,9,13H,6-8,10-11H2,(H,18,22)(H,19,25)(H,20,26)(H,23,24). The van der Waals surface area contributed by atoms with Crippen LogP contribution in [0.5, 0.6) is 0 Å². The molecule has 0 aliphatic carbocycles. The minimum Gasteiger partial charge on any atom is -0.480 e. The van der Waals surface area contributed by atoms with Crippen LogP contribution < -0.4 is 16.0 Å². The van der Waals surface area contributed by atoms with E-state index in [1.54, 1.807) is 24.3 Å². The highest BCUT2D eigenvalue weighted by Crippen LogP contribution is 2.03. The van der Waals surface area contributed by atoms with Crippen molar-refractivity contribution < 1.29 is 33.8 Å². The van der Waals surface area contributed by atoms with Crippen LogP contribution in [0.15, 0.2) is 30.3 Å². The first-order valence-corrected chi connectivity index (χ1v) is 8.09. The largest absolute Gasteiger partial charge is 0.480 e. The highest BCUT2D eigenvalue weighted by Gasteiger charge is 2.23. The summed E-state index contributed by atoms with van der Waals surface area (Å²) in [4.78, 5) is 56.3. The summed E-state index contributed by atoms with van der Waals surface area (Å²) in [6.07, 6.45) is -0.634. The molecule has 4 N–H and O–H groups in total. The fourth-order valence-corrected chi connectivity index (χ4v) is 1.98. The normalized spacial score (nSPS) is 11.0. The maximum atomic E-state index is 12.1. The zero-order valence-corrected chi connectivity index (χ0v) is 14.5. The van der Waals surface area contributed by atoms with Crippen LogP contribution in [-0.4, -0.2) is 54.4 Å². The van der Waals surface area contributed by atoms with E-state index in [4.69, 9.17) is 9.84 Å². The van der Waals surface area contributed by atoms with Crippen molar-refractivity contribution in [1.82, 2.24) is 16.0 Å². The van der Waals surface area contributed by atoms with Crippen molar-refractivity contribution in [2.75, 3.05) is 13.1 Å². The number of amides is 3. The highest BCUT2D eigenvalue weighted by atomic mass is 16.5. The summed E-state index contributed by atoms with van der Waals surface area (Å²) in [6.45, 7) is -0.815. The molecule has 0 radical (unpaired) electrons. The van der Waals surface area contributed by atoms with Crippen molar-refractivity contribution in [2.45, 2.75) is 25.5 Å². The van der Waals surface area contributed by atoms with Crippen molar-refractivity contribution in [3.8, 4) is 0 Å². The SMILES string of the molecule is O=CCNC(=O)CCC(NC(=O)OCc1ccccc1)C(=O)NCC(=O)O. The Balaban J connectivity index is 2.58. The van der Waals surface area contributed by atoms with Gasteiger partial charge in [-0.25, -0.2) is 4.79 Å². The van der Waals surface area contributed by atoms with Gasteiger partial charge < -0.3 is 30.6 Å². The molecule has 10 heteroatoms. The minimum atomic E-state index is -1.25. The van der Waals surface area contributed by atoms with E-state index < -0.39 is 36.5 Å². The van der Waals surface area contributed by atoms with Crippen LogP contribution in [0.4, 0.5) is 4.79 Å². The predicted molar refractivity (Wildman–Crippen MR) is 92.5 cm³/mol. The van der Waals surface area contributed by atoms with Crippen molar-refractivity contribution >= 4 is 30.2 Å². The summed E-state index contributed by atoms with van der Waals surface area (Å²) in [5.74, 6) is -2.51. The number of aldehydes is 1. The Kier molecular flexibility index (Phi) is 9.61. The van der Waals surface area contributed by atoms with E-state index in [0.29, 0.717) is 6.29 Å². The molecule has 0 saturated carbocycles. The minimum absolute atomic E-state index is 0.0179. The van der Waals surface area contributed by atoms with Crippen LogP contribution in [0.1, 0.15) is 18.4 Å². The summed E-state index contributed by atoms with van der Waals surface area (Å²) in [7, 11) is 0. The fraction of sp³-hybridized carbons (Fsp3) is 0.353. The molecule has 0 saturated heterocycles. The molecular weight excluding hydrogens is 358 g/mol.